The number of aromatic nitrogens is 2. The van der Waals surface area contributed by atoms with Crippen molar-refractivity contribution in [3.8, 4) is 0 Å². The maximum atomic E-state index is 5.33. The monoisotopic (exact) mass is 277 g/mol. The molecular weight excluding hydrogens is 254 g/mol. The van der Waals surface area contributed by atoms with Gasteiger partial charge in [-0.15, -0.1) is 0 Å². The van der Waals surface area contributed by atoms with Gasteiger partial charge in [0.05, 0.1) is 0 Å². The van der Waals surface area contributed by atoms with Crippen molar-refractivity contribution >= 4 is 12.2 Å². The second-order valence-corrected chi connectivity index (χ2v) is 6.52. The zero-order valence-electron chi connectivity index (χ0n) is 11.9. The summed E-state index contributed by atoms with van der Waals surface area (Å²) < 4.78 is 0.753. The molecule has 2 unspecified atom stereocenters. The van der Waals surface area contributed by atoms with E-state index in [1.807, 2.05) is 6.07 Å². The average Bonchev–Trinajstić information content (AvgIpc) is 2.62. The van der Waals surface area contributed by atoms with E-state index in [0.717, 1.165) is 35.4 Å². The Morgan fingerprint density at radius 3 is 2.68 bits per heavy atom. The number of H-pyrrole nitrogens is 1. The third-order valence-electron chi connectivity index (χ3n) is 4.82. The van der Waals surface area contributed by atoms with Crippen molar-refractivity contribution in [2.24, 2.45) is 0 Å². The minimum atomic E-state index is 0.576. The Hall–Kier alpha value is -0.740. The highest BCUT2D eigenvalue weighted by Gasteiger charge is 2.39. The summed E-state index contributed by atoms with van der Waals surface area (Å²) in [6.07, 6.45) is 7.40. The van der Waals surface area contributed by atoms with Gasteiger partial charge in [0.25, 0.3) is 0 Å². The first kappa shape index (κ1) is 13.3. The van der Waals surface area contributed by atoms with Crippen LogP contribution < -0.4 is 0 Å². The lowest BCUT2D eigenvalue weighted by Crippen LogP contribution is -2.39. The van der Waals surface area contributed by atoms with E-state index in [2.05, 4.69) is 28.8 Å². The van der Waals surface area contributed by atoms with Crippen molar-refractivity contribution in [3.05, 3.63) is 22.2 Å². The molecule has 0 radical (unpaired) electrons. The summed E-state index contributed by atoms with van der Waals surface area (Å²) >= 11 is 5.33. The van der Waals surface area contributed by atoms with Crippen LogP contribution in [0.1, 0.15) is 56.5 Å². The van der Waals surface area contributed by atoms with Crippen LogP contribution in [-0.4, -0.2) is 34.0 Å². The van der Waals surface area contributed by atoms with E-state index in [1.54, 1.807) is 0 Å². The van der Waals surface area contributed by atoms with Gasteiger partial charge in [0, 0.05) is 23.7 Å². The lowest BCUT2D eigenvalue weighted by molar-refractivity contribution is 0.158. The van der Waals surface area contributed by atoms with Gasteiger partial charge in [-0.3, -0.25) is 0 Å². The topological polar surface area (TPSA) is 31.9 Å². The number of piperidine rings is 1. The van der Waals surface area contributed by atoms with Crippen LogP contribution in [0.25, 0.3) is 0 Å². The average molecular weight is 277 g/mol. The number of hydrogen-bond acceptors (Lipinski definition) is 3. The number of nitrogens with zero attached hydrogens (tertiary/aromatic N) is 2. The minimum absolute atomic E-state index is 0.576. The van der Waals surface area contributed by atoms with Crippen LogP contribution in [0.4, 0.5) is 0 Å². The first-order chi connectivity index (χ1) is 9.17. The molecule has 1 aromatic heterocycles. The highest BCUT2D eigenvalue weighted by atomic mass is 32.1. The maximum absolute atomic E-state index is 5.33. The van der Waals surface area contributed by atoms with Crippen molar-refractivity contribution in [1.82, 2.24) is 14.9 Å². The lowest BCUT2D eigenvalue weighted by atomic mass is 9.90. The summed E-state index contributed by atoms with van der Waals surface area (Å²) in [5.41, 5.74) is 1.25. The summed E-state index contributed by atoms with van der Waals surface area (Å²) in [5.74, 6) is 1.72. The molecule has 2 aliphatic rings. The molecule has 3 rings (SSSR count). The Labute approximate surface area is 120 Å². The fraction of sp³-hybridized carbons (Fsp3) is 0.733. The molecule has 2 atom stereocenters. The van der Waals surface area contributed by atoms with Gasteiger partial charge in [-0.1, -0.05) is 25.6 Å². The standard InChI is InChI=1S/C15H23N3S/c1-3-4-11-9-14(19)17-15(16-11)10-7-12-5-6-13(8-10)18(12)2/h9-10,12-13H,3-8H2,1-2H3,(H,16,17,19). The lowest BCUT2D eigenvalue weighted by Gasteiger charge is -2.35. The summed E-state index contributed by atoms with van der Waals surface area (Å²) in [5, 5.41) is 0. The number of aromatic amines is 1. The van der Waals surface area contributed by atoms with E-state index >= 15 is 0 Å². The van der Waals surface area contributed by atoms with E-state index in [0.29, 0.717) is 5.92 Å². The quantitative estimate of drug-likeness (QED) is 0.859. The molecule has 0 saturated carbocycles. The molecule has 2 bridgehead atoms. The third-order valence-corrected chi connectivity index (χ3v) is 5.03. The Bertz CT molecular complexity index is 496. The number of aryl methyl sites for hydroxylation is 1. The van der Waals surface area contributed by atoms with Gasteiger partial charge in [-0.25, -0.2) is 4.98 Å². The first-order valence-corrected chi connectivity index (χ1v) is 7.90. The fourth-order valence-electron chi connectivity index (χ4n) is 3.76. The van der Waals surface area contributed by atoms with E-state index in [1.165, 1.54) is 31.4 Å². The minimum Gasteiger partial charge on any atom is -0.347 e. The predicted molar refractivity (Wildman–Crippen MR) is 80.0 cm³/mol. The molecule has 19 heavy (non-hydrogen) atoms. The molecule has 0 amide bonds. The van der Waals surface area contributed by atoms with Crippen LogP contribution in [0.3, 0.4) is 0 Å². The van der Waals surface area contributed by atoms with E-state index in [9.17, 15) is 0 Å². The Morgan fingerprint density at radius 2 is 2.05 bits per heavy atom. The summed E-state index contributed by atoms with van der Waals surface area (Å²) in [7, 11) is 2.28. The molecule has 104 valence electrons. The Kier molecular flexibility index (Phi) is 3.72. The number of rotatable bonds is 3. The fourth-order valence-corrected chi connectivity index (χ4v) is 4.00. The first-order valence-electron chi connectivity index (χ1n) is 7.49. The SMILES string of the molecule is CCCc1cc(=S)nc(C2CC3CCC(C2)N3C)[nH]1. The highest BCUT2D eigenvalue weighted by Crippen LogP contribution is 2.41. The number of fused-ring (bicyclic) bond motifs is 2. The van der Waals surface area contributed by atoms with E-state index < -0.39 is 0 Å². The van der Waals surface area contributed by atoms with Crippen molar-refractivity contribution in [1.29, 1.82) is 0 Å². The largest absolute Gasteiger partial charge is 0.347 e. The highest BCUT2D eigenvalue weighted by molar-refractivity contribution is 7.71. The van der Waals surface area contributed by atoms with Gasteiger partial charge in [0.1, 0.15) is 10.5 Å². The van der Waals surface area contributed by atoms with E-state index in [-0.39, 0.29) is 0 Å². The second kappa shape index (κ2) is 5.33. The van der Waals surface area contributed by atoms with Crippen LogP contribution in [0, 0.1) is 4.64 Å². The molecule has 4 heteroatoms. The van der Waals surface area contributed by atoms with Crippen molar-refractivity contribution in [2.45, 2.75) is 63.5 Å². The molecule has 1 aromatic rings. The van der Waals surface area contributed by atoms with Crippen molar-refractivity contribution < 1.29 is 0 Å². The van der Waals surface area contributed by atoms with Gasteiger partial charge >= 0.3 is 0 Å². The molecule has 2 saturated heterocycles. The van der Waals surface area contributed by atoms with Crippen LogP contribution in [0.15, 0.2) is 6.07 Å². The summed E-state index contributed by atoms with van der Waals surface area (Å²) in [4.78, 5) is 10.7. The normalized spacial score (nSPS) is 30.7. The Morgan fingerprint density at radius 1 is 1.37 bits per heavy atom. The van der Waals surface area contributed by atoms with Crippen molar-refractivity contribution in [2.75, 3.05) is 7.05 Å². The maximum Gasteiger partial charge on any atom is 0.129 e. The molecule has 2 fully saturated rings. The summed E-state index contributed by atoms with van der Waals surface area (Å²) in [6, 6.07) is 3.52. The van der Waals surface area contributed by atoms with Gasteiger partial charge < -0.3 is 9.88 Å². The zero-order valence-corrected chi connectivity index (χ0v) is 12.7. The van der Waals surface area contributed by atoms with Crippen LogP contribution in [0.2, 0.25) is 0 Å². The second-order valence-electron chi connectivity index (χ2n) is 6.10. The predicted octanol–water partition coefficient (Wildman–Crippen LogP) is 3.43. The van der Waals surface area contributed by atoms with E-state index in [4.69, 9.17) is 12.2 Å². The van der Waals surface area contributed by atoms with Gasteiger partial charge in [0.2, 0.25) is 0 Å². The van der Waals surface area contributed by atoms with Crippen LogP contribution in [-0.2, 0) is 6.42 Å². The molecule has 1 N–H and O–H groups in total. The molecule has 3 nitrogen and oxygen atoms in total. The van der Waals surface area contributed by atoms with Crippen LogP contribution in [0.5, 0.6) is 0 Å². The van der Waals surface area contributed by atoms with Crippen LogP contribution >= 0.6 is 12.2 Å². The van der Waals surface area contributed by atoms with Gasteiger partial charge in [0.15, 0.2) is 0 Å². The molecule has 0 aromatic carbocycles. The number of nitrogens with one attached hydrogen (secondary N) is 1. The Balaban J connectivity index is 1.84. The molecule has 0 aliphatic carbocycles. The summed E-state index contributed by atoms with van der Waals surface area (Å²) in [6.45, 7) is 2.20. The van der Waals surface area contributed by atoms with Crippen molar-refractivity contribution in [3.63, 3.8) is 0 Å². The van der Waals surface area contributed by atoms with Gasteiger partial charge in [-0.05, 0) is 45.2 Å². The number of hydrogen-bond donors (Lipinski definition) is 1. The molecular formula is C15H23N3S. The molecule has 0 spiro atoms. The van der Waals surface area contributed by atoms with Gasteiger partial charge in [-0.2, -0.15) is 0 Å². The smallest absolute Gasteiger partial charge is 0.129 e. The molecule has 3 heterocycles. The molecule has 2 aliphatic heterocycles. The third kappa shape index (κ3) is 2.61. The zero-order chi connectivity index (χ0) is 13.4.